The van der Waals surface area contributed by atoms with Crippen molar-refractivity contribution in [1.82, 2.24) is 9.80 Å². The molecular weight excluding hydrogens is 268 g/mol. The van der Waals surface area contributed by atoms with E-state index >= 15 is 0 Å². The number of phenols is 1. The van der Waals surface area contributed by atoms with Crippen LogP contribution < -0.4 is 0 Å². The lowest BCUT2D eigenvalue weighted by molar-refractivity contribution is 0.0178. The number of carbonyl (C=O) groups excluding carboxylic acids is 1. The molecule has 0 aromatic heterocycles. The van der Waals surface area contributed by atoms with Gasteiger partial charge in [-0.15, -0.1) is 0 Å². The number of phenolic OH excluding ortho intramolecular Hbond substituents is 1. The van der Waals surface area contributed by atoms with Crippen LogP contribution in [0.1, 0.15) is 29.8 Å². The zero-order valence-electron chi connectivity index (χ0n) is 13.0. The summed E-state index contributed by atoms with van der Waals surface area (Å²) in [6, 6.07) is 5.07. The highest BCUT2D eigenvalue weighted by Gasteiger charge is 2.26. The van der Waals surface area contributed by atoms with Crippen molar-refractivity contribution >= 4 is 5.91 Å². The van der Waals surface area contributed by atoms with E-state index in [4.69, 9.17) is 0 Å². The van der Waals surface area contributed by atoms with Crippen LogP contribution in [-0.2, 0) is 0 Å². The van der Waals surface area contributed by atoms with Crippen molar-refractivity contribution in [3.05, 3.63) is 29.3 Å². The first-order valence-corrected chi connectivity index (χ1v) is 7.30. The van der Waals surface area contributed by atoms with Gasteiger partial charge in [0.05, 0.1) is 11.2 Å². The Balaban J connectivity index is 1.99. The van der Waals surface area contributed by atoms with Crippen LogP contribution in [0, 0.1) is 6.92 Å². The standard InChI is InChI=1S/C16H24N2O3/c1-12-4-5-14(19)13(10-12)15(20)18-8-6-17(7-9-18)11-16(2,3)21/h4-5,10,19,21H,6-9,11H2,1-3H3. The third-order valence-electron chi connectivity index (χ3n) is 3.65. The molecule has 1 aromatic rings. The Labute approximate surface area is 125 Å². The van der Waals surface area contributed by atoms with Gasteiger partial charge in [0, 0.05) is 32.7 Å². The van der Waals surface area contributed by atoms with Gasteiger partial charge in [0.15, 0.2) is 0 Å². The first kappa shape index (κ1) is 15.8. The lowest BCUT2D eigenvalue weighted by Crippen LogP contribution is -2.52. The van der Waals surface area contributed by atoms with Crippen LogP contribution in [0.5, 0.6) is 5.75 Å². The summed E-state index contributed by atoms with van der Waals surface area (Å²) in [7, 11) is 0. The summed E-state index contributed by atoms with van der Waals surface area (Å²) in [5, 5.41) is 19.7. The van der Waals surface area contributed by atoms with E-state index in [9.17, 15) is 15.0 Å². The summed E-state index contributed by atoms with van der Waals surface area (Å²) >= 11 is 0. The van der Waals surface area contributed by atoms with E-state index in [1.807, 2.05) is 6.92 Å². The summed E-state index contributed by atoms with van der Waals surface area (Å²) in [4.78, 5) is 16.4. The number of amides is 1. The monoisotopic (exact) mass is 292 g/mol. The lowest BCUT2D eigenvalue weighted by atomic mass is 10.1. The van der Waals surface area contributed by atoms with E-state index in [1.165, 1.54) is 0 Å². The molecule has 1 aliphatic heterocycles. The Morgan fingerprint density at radius 3 is 2.43 bits per heavy atom. The smallest absolute Gasteiger partial charge is 0.257 e. The quantitative estimate of drug-likeness (QED) is 0.879. The molecule has 0 saturated carbocycles. The SMILES string of the molecule is Cc1ccc(O)c(C(=O)N2CCN(CC(C)(C)O)CC2)c1. The van der Waals surface area contributed by atoms with Gasteiger partial charge in [0.1, 0.15) is 5.75 Å². The van der Waals surface area contributed by atoms with Crippen molar-refractivity contribution in [3.8, 4) is 5.75 Å². The number of hydrogen-bond donors (Lipinski definition) is 2. The van der Waals surface area contributed by atoms with Crippen LogP contribution in [0.4, 0.5) is 0 Å². The molecule has 1 fully saturated rings. The Hall–Kier alpha value is -1.59. The summed E-state index contributed by atoms with van der Waals surface area (Å²) < 4.78 is 0. The van der Waals surface area contributed by atoms with E-state index in [-0.39, 0.29) is 11.7 Å². The Bertz CT molecular complexity index is 515. The minimum absolute atomic E-state index is 0.0320. The van der Waals surface area contributed by atoms with E-state index < -0.39 is 5.60 Å². The second-order valence-corrected chi connectivity index (χ2v) is 6.40. The Morgan fingerprint density at radius 2 is 1.86 bits per heavy atom. The van der Waals surface area contributed by atoms with Crippen molar-refractivity contribution in [1.29, 1.82) is 0 Å². The number of hydrogen-bond acceptors (Lipinski definition) is 4. The van der Waals surface area contributed by atoms with Crippen LogP contribution in [0.2, 0.25) is 0 Å². The molecular formula is C16H24N2O3. The number of benzene rings is 1. The summed E-state index contributed by atoms with van der Waals surface area (Å²) in [6.45, 7) is 8.78. The Kier molecular flexibility index (Phi) is 4.54. The molecule has 1 aromatic carbocycles. The van der Waals surface area contributed by atoms with E-state index in [0.29, 0.717) is 25.2 Å². The zero-order valence-corrected chi connectivity index (χ0v) is 13.0. The number of carbonyl (C=O) groups is 1. The topological polar surface area (TPSA) is 64.0 Å². The van der Waals surface area contributed by atoms with Gasteiger partial charge in [0.2, 0.25) is 0 Å². The molecule has 1 heterocycles. The summed E-state index contributed by atoms with van der Waals surface area (Å²) in [6.07, 6.45) is 0. The maximum absolute atomic E-state index is 12.5. The highest BCUT2D eigenvalue weighted by Crippen LogP contribution is 2.21. The fraction of sp³-hybridized carbons (Fsp3) is 0.562. The first-order valence-electron chi connectivity index (χ1n) is 7.30. The zero-order chi connectivity index (χ0) is 15.6. The third-order valence-corrected chi connectivity index (χ3v) is 3.65. The van der Waals surface area contributed by atoms with Gasteiger partial charge in [-0.1, -0.05) is 11.6 Å². The maximum atomic E-state index is 12.5. The number of rotatable bonds is 3. The molecule has 0 aliphatic carbocycles. The number of β-amino-alcohol motifs (C(OH)–C–C–N with tert-alkyl or cyclic N) is 1. The van der Waals surface area contributed by atoms with Crippen LogP contribution in [0.25, 0.3) is 0 Å². The average Bonchev–Trinajstić information content (AvgIpc) is 2.40. The highest BCUT2D eigenvalue weighted by atomic mass is 16.3. The normalized spacial score (nSPS) is 17.0. The minimum atomic E-state index is -0.721. The molecule has 2 N–H and O–H groups in total. The number of aryl methyl sites for hydroxylation is 1. The predicted octanol–water partition coefficient (Wildman–Crippen LogP) is 1.23. The third kappa shape index (κ3) is 4.19. The van der Waals surface area contributed by atoms with Gasteiger partial charge in [-0.25, -0.2) is 0 Å². The van der Waals surface area contributed by atoms with Crippen LogP contribution >= 0.6 is 0 Å². The predicted molar refractivity (Wildman–Crippen MR) is 81.5 cm³/mol. The van der Waals surface area contributed by atoms with E-state index in [0.717, 1.165) is 18.7 Å². The second-order valence-electron chi connectivity index (χ2n) is 6.40. The van der Waals surface area contributed by atoms with Crippen LogP contribution in [0.15, 0.2) is 18.2 Å². The van der Waals surface area contributed by atoms with Crippen molar-refractivity contribution in [2.24, 2.45) is 0 Å². The molecule has 0 unspecified atom stereocenters. The molecule has 1 saturated heterocycles. The maximum Gasteiger partial charge on any atom is 0.257 e. The highest BCUT2D eigenvalue weighted by molar-refractivity contribution is 5.97. The molecule has 0 bridgehead atoms. The second kappa shape index (κ2) is 6.03. The van der Waals surface area contributed by atoms with Gasteiger partial charge in [-0.2, -0.15) is 0 Å². The van der Waals surface area contributed by atoms with Gasteiger partial charge >= 0.3 is 0 Å². The lowest BCUT2D eigenvalue weighted by Gasteiger charge is -2.37. The molecule has 0 atom stereocenters. The summed E-state index contributed by atoms with van der Waals surface area (Å²) in [5.41, 5.74) is 0.601. The van der Waals surface area contributed by atoms with Crippen molar-refractivity contribution in [2.45, 2.75) is 26.4 Å². The molecule has 21 heavy (non-hydrogen) atoms. The van der Waals surface area contributed by atoms with Crippen LogP contribution in [0.3, 0.4) is 0 Å². The van der Waals surface area contributed by atoms with Gasteiger partial charge in [0.25, 0.3) is 5.91 Å². The fourth-order valence-corrected chi connectivity index (χ4v) is 2.65. The van der Waals surface area contributed by atoms with Crippen molar-refractivity contribution in [3.63, 3.8) is 0 Å². The minimum Gasteiger partial charge on any atom is -0.507 e. The number of piperazine rings is 1. The number of aromatic hydroxyl groups is 1. The largest absolute Gasteiger partial charge is 0.507 e. The summed E-state index contributed by atoms with van der Waals surface area (Å²) in [5.74, 6) is -0.0939. The van der Waals surface area contributed by atoms with Gasteiger partial charge < -0.3 is 15.1 Å². The number of nitrogens with zero attached hydrogens (tertiary/aromatic N) is 2. The average molecular weight is 292 g/mol. The van der Waals surface area contributed by atoms with E-state index in [2.05, 4.69) is 4.90 Å². The molecule has 0 spiro atoms. The van der Waals surface area contributed by atoms with E-state index in [1.54, 1.807) is 36.9 Å². The van der Waals surface area contributed by atoms with Gasteiger partial charge in [-0.3, -0.25) is 9.69 Å². The molecule has 116 valence electrons. The number of aliphatic hydroxyl groups is 1. The molecule has 2 rings (SSSR count). The fourth-order valence-electron chi connectivity index (χ4n) is 2.65. The first-order chi connectivity index (χ1) is 9.76. The van der Waals surface area contributed by atoms with Crippen LogP contribution in [-0.4, -0.2) is 64.2 Å². The van der Waals surface area contributed by atoms with Gasteiger partial charge in [-0.05, 0) is 32.9 Å². The molecule has 5 nitrogen and oxygen atoms in total. The van der Waals surface area contributed by atoms with Crippen molar-refractivity contribution < 1.29 is 15.0 Å². The molecule has 0 radical (unpaired) electrons. The Morgan fingerprint density at radius 1 is 1.24 bits per heavy atom. The molecule has 1 amide bonds. The molecule has 5 heteroatoms. The van der Waals surface area contributed by atoms with Crippen molar-refractivity contribution in [2.75, 3.05) is 32.7 Å². The molecule has 1 aliphatic rings.